The van der Waals surface area contributed by atoms with Gasteiger partial charge in [-0.25, -0.2) is 9.37 Å². The van der Waals surface area contributed by atoms with Gasteiger partial charge >= 0.3 is 0 Å². The first-order valence-electron chi connectivity index (χ1n) is 12.6. The fourth-order valence-electron chi connectivity index (χ4n) is 4.02. The fourth-order valence-corrected chi connectivity index (χ4v) is 5.00. The van der Waals surface area contributed by atoms with Crippen LogP contribution in [0, 0.1) is 5.82 Å². The Bertz CT molecular complexity index is 902. The largest absolute Gasteiger partial charge is 0.491 e. The normalized spacial score (nSPS) is 11.5. The third kappa shape index (κ3) is 7.61. The second-order valence-corrected chi connectivity index (χ2v) is 9.81. The van der Waals surface area contributed by atoms with Crippen molar-refractivity contribution in [3.63, 3.8) is 0 Å². The summed E-state index contributed by atoms with van der Waals surface area (Å²) >= 11 is 1.61. The van der Waals surface area contributed by atoms with Crippen LogP contribution in [-0.4, -0.2) is 16.0 Å². The van der Waals surface area contributed by atoms with Gasteiger partial charge in [-0.3, -0.25) is 4.40 Å². The molecule has 2 heterocycles. The molecule has 0 bridgehead atoms. The van der Waals surface area contributed by atoms with E-state index in [2.05, 4.69) is 30.6 Å². The van der Waals surface area contributed by atoms with Gasteiger partial charge in [0.2, 0.25) is 0 Å². The number of nitrogens with zero attached hydrogens (tertiary/aromatic N) is 2. The van der Waals surface area contributed by atoms with Crippen molar-refractivity contribution in [3.8, 4) is 16.2 Å². The molecule has 0 radical (unpaired) electrons. The maximum atomic E-state index is 14.6. The second-order valence-electron chi connectivity index (χ2n) is 8.80. The number of aromatic nitrogens is 2. The molecule has 176 valence electrons. The molecular weight excluding hydrogens is 419 g/mol. The van der Waals surface area contributed by atoms with Gasteiger partial charge in [-0.2, -0.15) is 0 Å². The second kappa shape index (κ2) is 13.6. The fraction of sp³-hybridized carbons (Fsp3) is 0.593. The van der Waals surface area contributed by atoms with E-state index in [1.807, 2.05) is 6.07 Å². The minimum absolute atomic E-state index is 0.289. The first-order chi connectivity index (χ1) is 15.7. The molecule has 0 unspecified atom stereocenters. The standard InChI is InChI=1S/C27H39FN2OS/c1-3-5-7-9-11-13-15-23-20-30-21-26(32-27(30)29-23)22-16-17-25(24(28)19-22)31-18-14-12-10-8-6-4-2/h16-17,19-21H,3-15,18H2,1-2H3. The van der Waals surface area contributed by atoms with Crippen LogP contribution in [0.2, 0.25) is 0 Å². The van der Waals surface area contributed by atoms with Crippen LogP contribution in [0.25, 0.3) is 15.4 Å². The molecule has 2 aromatic heterocycles. The highest BCUT2D eigenvalue weighted by Gasteiger charge is 2.11. The Morgan fingerprint density at radius 2 is 1.56 bits per heavy atom. The summed E-state index contributed by atoms with van der Waals surface area (Å²) in [6.45, 7) is 5.05. The zero-order valence-electron chi connectivity index (χ0n) is 19.9. The Hall–Kier alpha value is -1.88. The predicted octanol–water partition coefficient (Wildman–Crippen LogP) is 8.84. The molecule has 0 atom stereocenters. The van der Waals surface area contributed by atoms with Crippen LogP contribution in [0.1, 0.15) is 96.6 Å². The van der Waals surface area contributed by atoms with Crippen LogP contribution < -0.4 is 4.74 Å². The number of ether oxygens (including phenoxy) is 1. The average molecular weight is 459 g/mol. The third-order valence-electron chi connectivity index (χ3n) is 5.96. The number of hydrogen-bond acceptors (Lipinski definition) is 3. The van der Waals surface area contributed by atoms with Gasteiger partial charge in [0.15, 0.2) is 16.5 Å². The van der Waals surface area contributed by atoms with Crippen molar-refractivity contribution in [1.29, 1.82) is 0 Å². The van der Waals surface area contributed by atoms with Crippen LogP contribution in [0.4, 0.5) is 4.39 Å². The molecule has 3 rings (SSSR count). The summed E-state index contributed by atoms with van der Waals surface area (Å²) in [4.78, 5) is 6.78. The van der Waals surface area contributed by atoms with Gasteiger partial charge in [-0.1, -0.05) is 89.4 Å². The Morgan fingerprint density at radius 1 is 0.875 bits per heavy atom. The SMILES string of the molecule is CCCCCCCCOc1ccc(-c2cn3cc(CCCCCCCC)nc3s2)cc1F. The lowest BCUT2D eigenvalue weighted by Gasteiger charge is -2.08. The van der Waals surface area contributed by atoms with Crippen molar-refractivity contribution < 1.29 is 9.13 Å². The highest BCUT2D eigenvalue weighted by molar-refractivity contribution is 7.20. The van der Waals surface area contributed by atoms with Crippen LogP contribution in [0.3, 0.4) is 0 Å². The summed E-state index contributed by atoms with van der Waals surface area (Å²) in [5, 5.41) is 0. The first kappa shape index (κ1) is 24.8. The van der Waals surface area contributed by atoms with Crippen LogP contribution >= 0.6 is 11.3 Å². The Balaban J connectivity index is 1.48. The smallest absolute Gasteiger partial charge is 0.194 e. The lowest BCUT2D eigenvalue weighted by molar-refractivity contribution is 0.290. The van der Waals surface area contributed by atoms with Gasteiger partial charge in [-0.15, -0.1) is 0 Å². The summed E-state index contributed by atoms with van der Waals surface area (Å²) in [7, 11) is 0. The minimum Gasteiger partial charge on any atom is -0.491 e. The first-order valence-corrected chi connectivity index (χ1v) is 13.4. The van der Waals surface area contributed by atoms with E-state index in [0.29, 0.717) is 12.4 Å². The van der Waals surface area contributed by atoms with Crippen molar-refractivity contribution in [2.75, 3.05) is 6.61 Å². The van der Waals surface area contributed by atoms with Crippen molar-refractivity contribution in [1.82, 2.24) is 9.38 Å². The molecule has 0 saturated heterocycles. The number of halogens is 1. The highest BCUT2D eigenvalue weighted by atomic mass is 32.1. The summed E-state index contributed by atoms with van der Waals surface area (Å²) in [5.41, 5.74) is 2.03. The number of rotatable bonds is 16. The molecule has 5 heteroatoms. The topological polar surface area (TPSA) is 26.5 Å². The Morgan fingerprint density at radius 3 is 2.25 bits per heavy atom. The maximum Gasteiger partial charge on any atom is 0.194 e. The van der Waals surface area contributed by atoms with Gasteiger partial charge in [-0.05, 0) is 43.0 Å². The molecule has 1 aromatic carbocycles. The lowest BCUT2D eigenvalue weighted by atomic mass is 10.1. The van der Waals surface area contributed by atoms with Crippen molar-refractivity contribution >= 4 is 16.3 Å². The van der Waals surface area contributed by atoms with E-state index < -0.39 is 0 Å². The molecule has 3 aromatic rings. The van der Waals surface area contributed by atoms with Gasteiger partial charge in [0.05, 0.1) is 17.2 Å². The summed E-state index contributed by atoms with van der Waals surface area (Å²) < 4.78 is 22.3. The van der Waals surface area contributed by atoms with Crippen LogP contribution in [0.15, 0.2) is 30.6 Å². The molecule has 0 spiro atoms. The quantitative estimate of drug-likeness (QED) is 0.200. The molecule has 32 heavy (non-hydrogen) atoms. The maximum absolute atomic E-state index is 14.6. The molecule has 3 nitrogen and oxygen atoms in total. The highest BCUT2D eigenvalue weighted by Crippen LogP contribution is 2.31. The Labute approximate surface area is 197 Å². The molecule has 0 aliphatic carbocycles. The van der Waals surface area contributed by atoms with Crippen LogP contribution in [0.5, 0.6) is 5.75 Å². The van der Waals surface area contributed by atoms with Crippen molar-refractivity contribution in [3.05, 3.63) is 42.1 Å². The zero-order chi connectivity index (χ0) is 22.6. The molecule has 0 amide bonds. The molecular formula is C27H39FN2OS. The monoisotopic (exact) mass is 458 g/mol. The average Bonchev–Trinajstić information content (AvgIpc) is 3.35. The molecule has 0 N–H and O–H groups in total. The number of benzene rings is 1. The van der Waals surface area contributed by atoms with E-state index in [1.165, 1.54) is 64.2 Å². The third-order valence-corrected chi connectivity index (χ3v) is 7.01. The number of hydrogen-bond donors (Lipinski definition) is 0. The number of imidazole rings is 1. The van der Waals surface area contributed by atoms with E-state index in [4.69, 9.17) is 9.72 Å². The summed E-state index contributed by atoms with van der Waals surface area (Å²) in [6.07, 6.45) is 20.2. The summed E-state index contributed by atoms with van der Waals surface area (Å²) in [5.74, 6) is 0.0631. The molecule has 0 fully saturated rings. The molecule has 0 saturated carbocycles. The van der Waals surface area contributed by atoms with E-state index in [0.717, 1.165) is 40.4 Å². The predicted molar refractivity (Wildman–Crippen MR) is 134 cm³/mol. The van der Waals surface area contributed by atoms with Crippen molar-refractivity contribution in [2.45, 2.75) is 97.3 Å². The minimum atomic E-state index is -0.289. The Kier molecular flexibility index (Phi) is 10.5. The molecule has 0 aliphatic heterocycles. The van der Waals surface area contributed by atoms with E-state index in [-0.39, 0.29) is 5.82 Å². The molecule has 0 aliphatic rings. The lowest BCUT2D eigenvalue weighted by Crippen LogP contribution is -1.99. The zero-order valence-corrected chi connectivity index (χ0v) is 20.7. The van der Waals surface area contributed by atoms with Gasteiger partial charge < -0.3 is 4.74 Å². The van der Waals surface area contributed by atoms with Gasteiger partial charge in [0, 0.05) is 12.4 Å². The van der Waals surface area contributed by atoms with Gasteiger partial charge in [0.1, 0.15) is 0 Å². The van der Waals surface area contributed by atoms with E-state index in [1.54, 1.807) is 23.5 Å². The van der Waals surface area contributed by atoms with E-state index in [9.17, 15) is 4.39 Å². The number of aryl methyl sites for hydroxylation is 1. The van der Waals surface area contributed by atoms with Crippen molar-refractivity contribution in [2.24, 2.45) is 0 Å². The summed E-state index contributed by atoms with van der Waals surface area (Å²) in [6, 6.07) is 5.29. The number of fused-ring (bicyclic) bond motifs is 1. The number of thiazole rings is 1. The van der Waals surface area contributed by atoms with Gasteiger partial charge in [0.25, 0.3) is 0 Å². The van der Waals surface area contributed by atoms with E-state index >= 15 is 0 Å². The van der Waals surface area contributed by atoms with Crippen LogP contribution in [-0.2, 0) is 6.42 Å². The number of unbranched alkanes of at least 4 members (excludes halogenated alkanes) is 10.